The van der Waals surface area contributed by atoms with Crippen molar-refractivity contribution < 1.29 is 94.1 Å². The highest BCUT2D eigenvalue weighted by Crippen LogP contribution is 2.37. The molecule has 3 aliphatic heterocycles. The summed E-state index contributed by atoms with van der Waals surface area (Å²) >= 11 is 0. The molecular formula is C28H40O19. The number of carbonyl (C=O) groups excluding carboxylic acids is 1. The summed E-state index contributed by atoms with van der Waals surface area (Å²) in [6.45, 7) is -3.47. The number of rotatable bonds is 12. The lowest BCUT2D eigenvalue weighted by atomic mass is 9.96. The van der Waals surface area contributed by atoms with Gasteiger partial charge in [0.2, 0.25) is 5.79 Å². The minimum absolute atomic E-state index is 0.135. The monoisotopic (exact) mass is 680 g/mol. The average molecular weight is 681 g/mol. The van der Waals surface area contributed by atoms with Crippen molar-refractivity contribution in [3.63, 3.8) is 0 Å². The first-order chi connectivity index (χ1) is 22.3. The second kappa shape index (κ2) is 15.8. The number of aromatic hydroxyl groups is 1. The fraction of sp³-hybridized carbons (Fsp3) is 0.679. The lowest BCUT2D eigenvalue weighted by molar-refractivity contribution is -0.398. The second-order valence-electron chi connectivity index (χ2n) is 11.1. The molecule has 0 saturated carbocycles. The third-order valence-electron chi connectivity index (χ3n) is 8.01. The largest absolute Gasteiger partial charge is 0.504 e. The van der Waals surface area contributed by atoms with Gasteiger partial charge in [-0.15, -0.1) is 0 Å². The number of esters is 1. The molecule has 19 heteroatoms. The Labute approximate surface area is 266 Å². The molecule has 1 aromatic rings. The molecule has 3 heterocycles. The van der Waals surface area contributed by atoms with Crippen molar-refractivity contribution in [3.8, 4) is 11.5 Å². The van der Waals surface area contributed by atoms with E-state index in [-0.39, 0.29) is 11.5 Å². The molecule has 0 radical (unpaired) electrons. The van der Waals surface area contributed by atoms with Gasteiger partial charge in [0.25, 0.3) is 0 Å². The number of ether oxygens (including phenoxy) is 7. The first-order valence-electron chi connectivity index (χ1n) is 14.4. The first kappa shape index (κ1) is 37.3. The molecule has 4 rings (SSSR count). The zero-order valence-electron chi connectivity index (χ0n) is 24.9. The van der Waals surface area contributed by atoms with Crippen LogP contribution in [0.4, 0.5) is 0 Å². The van der Waals surface area contributed by atoms with Gasteiger partial charge in [-0.25, -0.2) is 4.79 Å². The van der Waals surface area contributed by atoms with Gasteiger partial charge < -0.3 is 89.3 Å². The van der Waals surface area contributed by atoms with E-state index in [2.05, 4.69) is 0 Å². The Hall–Kier alpha value is -2.57. The summed E-state index contributed by atoms with van der Waals surface area (Å²) in [5.41, 5.74) is 0.439. The van der Waals surface area contributed by atoms with Gasteiger partial charge in [-0.1, -0.05) is 6.07 Å². The smallest absolute Gasteiger partial charge is 0.330 e. The Balaban J connectivity index is 1.55. The first-order valence-corrected chi connectivity index (χ1v) is 14.4. The molecule has 14 atom stereocenters. The molecule has 0 bridgehead atoms. The molecule has 3 aliphatic rings. The fourth-order valence-corrected chi connectivity index (χ4v) is 5.28. The van der Waals surface area contributed by atoms with Crippen LogP contribution < -0.4 is 4.74 Å². The van der Waals surface area contributed by atoms with E-state index in [0.29, 0.717) is 5.56 Å². The van der Waals surface area contributed by atoms with Gasteiger partial charge in [0.05, 0.1) is 20.3 Å². The van der Waals surface area contributed by atoms with Gasteiger partial charge in [-0.05, 0) is 23.8 Å². The molecule has 0 aromatic heterocycles. The van der Waals surface area contributed by atoms with Crippen molar-refractivity contribution in [2.24, 2.45) is 0 Å². The van der Waals surface area contributed by atoms with Crippen LogP contribution in [-0.4, -0.2) is 181 Å². The lowest BCUT2D eigenvalue weighted by Gasteiger charge is -2.47. The van der Waals surface area contributed by atoms with Gasteiger partial charge in [0.15, 0.2) is 24.1 Å². The van der Waals surface area contributed by atoms with Gasteiger partial charge in [0, 0.05) is 6.08 Å². The number of aliphatic hydroxyl groups excluding tert-OH is 10. The van der Waals surface area contributed by atoms with Crippen molar-refractivity contribution in [1.82, 2.24) is 0 Å². The van der Waals surface area contributed by atoms with Crippen LogP contribution >= 0.6 is 0 Å². The normalized spacial score (nSPS) is 40.9. The number of hydrogen-bond donors (Lipinski definition) is 11. The second-order valence-corrected chi connectivity index (χ2v) is 11.1. The Bertz CT molecular complexity index is 1210. The van der Waals surface area contributed by atoms with Gasteiger partial charge in [-0.2, -0.15) is 0 Å². The van der Waals surface area contributed by atoms with E-state index in [0.717, 1.165) is 6.08 Å². The topological polar surface area (TPSA) is 304 Å². The van der Waals surface area contributed by atoms with Crippen molar-refractivity contribution in [1.29, 1.82) is 0 Å². The van der Waals surface area contributed by atoms with Crippen LogP contribution in [0.5, 0.6) is 11.5 Å². The highest BCUT2D eigenvalue weighted by molar-refractivity contribution is 5.87. The number of methoxy groups -OCH3 is 1. The number of carbonyl (C=O) groups is 1. The summed E-state index contributed by atoms with van der Waals surface area (Å²) in [5, 5.41) is 112. The van der Waals surface area contributed by atoms with E-state index < -0.39 is 118 Å². The summed E-state index contributed by atoms with van der Waals surface area (Å²) in [4.78, 5) is 12.6. The molecular weight excluding hydrogens is 640 g/mol. The standard InChI is InChI=1S/C28H40O19/c1-41-13-6-11(2-4-12(13)32)3-5-17(33)42-9-16-24(45-26-22(38)20(36)18(34)14(7-29)43-26)21(37)23(39)27(44-16)47-28(10-31)25(40)19(35)15(8-30)46-28/h2-6,14-16,18-27,29-32,34-40H,7-10H2,1H3. The summed E-state index contributed by atoms with van der Waals surface area (Å²) in [5.74, 6) is -3.42. The van der Waals surface area contributed by atoms with Crippen molar-refractivity contribution in [3.05, 3.63) is 29.8 Å². The molecule has 3 saturated heterocycles. The highest BCUT2D eigenvalue weighted by Gasteiger charge is 2.59. The van der Waals surface area contributed by atoms with Crippen LogP contribution in [0.25, 0.3) is 6.08 Å². The maximum atomic E-state index is 12.6. The van der Waals surface area contributed by atoms with E-state index in [1.807, 2.05) is 0 Å². The van der Waals surface area contributed by atoms with Crippen LogP contribution in [0.2, 0.25) is 0 Å². The minimum Gasteiger partial charge on any atom is -0.504 e. The predicted octanol–water partition coefficient (Wildman–Crippen LogP) is -5.59. The summed E-state index contributed by atoms with van der Waals surface area (Å²) < 4.78 is 37.8. The number of phenols is 1. The third kappa shape index (κ3) is 7.85. The summed E-state index contributed by atoms with van der Waals surface area (Å²) in [6.07, 6.45) is -21.0. The summed E-state index contributed by atoms with van der Waals surface area (Å²) in [7, 11) is 1.33. The third-order valence-corrected chi connectivity index (χ3v) is 8.01. The Morgan fingerprint density at radius 1 is 0.851 bits per heavy atom. The average Bonchev–Trinajstić information content (AvgIpc) is 3.31. The molecule has 0 spiro atoms. The van der Waals surface area contributed by atoms with E-state index >= 15 is 0 Å². The number of phenolic OH excluding ortho intramolecular Hbond substituents is 1. The molecule has 11 N–H and O–H groups in total. The SMILES string of the molecule is COc1cc(C=CC(=O)OCC2OC(OC3(CO)OC(CO)C(O)C3O)C(O)C(O)C2OC2OC(CO)C(O)C(O)C2O)ccc1O. The number of hydrogen-bond acceptors (Lipinski definition) is 19. The van der Waals surface area contributed by atoms with Crippen LogP contribution in [-0.2, 0) is 33.2 Å². The molecule has 47 heavy (non-hydrogen) atoms. The van der Waals surface area contributed by atoms with E-state index in [4.69, 9.17) is 33.2 Å². The van der Waals surface area contributed by atoms with Crippen LogP contribution in [0.3, 0.4) is 0 Å². The molecule has 0 amide bonds. The van der Waals surface area contributed by atoms with Gasteiger partial charge >= 0.3 is 5.97 Å². The maximum absolute atomic E-state index is 12.6. The van der Waals surface area contributed by atoms with E-state index in [1.165, 1.54) is 31.4 Å². The molecule has 3 fully saturated rings. The zero-order chi connectivity index (χ0) is 34.6. The Morgan fingerprint density at radius 2 is 1.51 bits per heavy atom. The Kier molecular flexibility index (Phi) is 12.5. The zero-order valence-corrected chi connectivity index (χ0v) is 24.9. The summed E-state index contributed by atoms with van der Waals surface area (Å²) in [6, 6.07) is 4.24. The van der Waals surface area contributed by atoms with Crippen molar-refractivity contribution in [2.75, 3.05) is 33.5 Å². The number of benzene rings is 1. The van der Waals surface area contributed by atoms with Crippen LogP contribution in [0.1, 0.15) is 5.56 Å². The lowest BCUT2D eigenvalue weighted by Crippen LogP contribution is -2.66. The van der Waals surface area contributed by atoms with E-state index in [1.54, 1.807) is 0 Å². The van der Waals surface area contributed by atoms with Gasteiger partial charge in [-0.3, -0.25) is 0 Å². The highest BCUT2D eigenvalue weighted by atomic mass is 16.8. The quantitative estimate of drug-likeness (QED) is 0.0724. The fourth-order valence-electron chi connectivity index (χ4n) is 5.28. The molecule has 0 aliphatic carbocycles. The predicted molar refractivity (Wildman–Crippen MR) is 149 cm³/mol. The minimum atomic E-state index is -2.46. The van der Waals surface area contributed by atoms with E-state index in [9.17, 15) is 61.0 Å². The Morgan fingerprint density at radius 3 is 2.13 bits per heavy atom. The van der Waals surface area contributed by atoms with Crippen LogP contribution in [0, 0.1) is 0 Å². The maximum Gasteiger partial charge on any atom is 0.330 e. The van der Waals surface area contributed by atoms with Crippen molar-refractivity contribution >= 4 is 12.0 Å². The molecule has 266 valence electrons. The van der Waals surface area contributed by atoms with Crippen molar-refractivity contribution in [2.45, 2.75) is 85.5 Å². The molecule has 1 aromatic carbocycles. The van der Waals surface area contributed by atoms with Crippen LogP contribution in [0.15, 0.2) is 24.3 Å². The molecule has 19 nitrogen and oxygen atoms in total. The number of aliphatic hydroxyl groups is 10. The van der Waals surface area contributed by atoms with Gasteiger partial charge in [0.1, 0.15) is 80.4 Å². The molecule has 14 unspecified atom stereocenters.